The summed E-state index contributed by atoms with van der Waals surface area (Å²) in [7, 11) is 0. The van der Waals surface area contributed by atoms with Crippen molar-refractivity contribution < 1.29 is 14.2 Å². The Morgan fingerprint density at radius 3 is 2.75 bits per heavy atom. The Morgan fingerprint density at radius 1 is 1.15 bits per heavy atom. The van der Waals surface area contributed by atoms with Crippen LogP contribution in [0.4, 0.5) is 5.82 Å². The first-order chi connectivity index (χ1) is 9.86. The van der Waals surface area contributed by atoms with Crippen LogP contribution in [0.2, 0.25) is 0 Å². The number of aromatic nitrogens is 1. The number of ether oxygens (including phenoxy) is 3. The molecule has 1 aliphatic carbocycles. The highest BCUT2D eigenvalue weighted by Crippen LogP contribution is 2.45. The highest BCUT2D eigenvalue weighted by Gasteiger charge is 2.41. The van der Waals surface area contributed by atoms with E-state index in [-0.39, 0.29) is 5.79 Å². The van der Waals surface area contributed by atoms with E-state index in [9.17, 15) is 0 Å². The normalized spacial score (nSPS) is 25.0. The van der Waals surface area contributed by atoms with Crippen LogP contribution in [0, 0.1) is 0 Å². The number of nitrogens with one attached hydrogen (secondary N) is 1. The van der Waals surface area contributed by atoms with Crippen LogP contribution < -0.4 is 10.1 Å². The summed E-state index contributed by atoms with van der Waals surface area (Å²) in [5.41, 5.74) is 1.29. The number of fused-ring (bicyclic) bond motifs is 1. The lowest BCUT2D eigenvalue weighted by atomic mass is 9.81. The largest absolute Gasteiger partial charge is 0.488 e. The highest BCUT2D eigenvalue weighted by atomic mass is 16.7. The first kappa shape index (κ1) is 12.4. The minimum atomic E-state index is -0.289. The van der Waals surface area contributed by atoms with Crippen molar-refractivity contribution in [2.45, 2.75) is 37.4 Å². The van der Waals surface area contributed by atoms with Gasteiger partial charge in [-0.3, -0.25) is 0 Å². The quantitative estimate of drug-likeness (QED) is 0.853. The Kier molecular flexibility index (Phi) is 3.04. The van der Waals surface area contributed by atoms with Gasteiger partial charge in [0.05, 0.1) is 19.8 Å². The standard InChI is InChI=1S/C15H20N2O3/c1-4-15(19-9-10-20-15)5-2-11(1)12-3-6-16-14-13(12)18-8-7-17-14/h3,6,11H,1-2,4-5,7-10H2,(H,16,17). The predicted octanol–water partition coefficient (Wildman–Crippen LogP) is 2.29. The summed E-state index contributed by atoms with van der Waals surface area (Å²) in [4.78, 5) is 4.36. The molecule has 0 bridgehead atoms. The van der Waals surface area contributed by atoms with Gasteiger partial charge in [0.25, 0.3) is 0 Å². The lowest BCUT2D eigenvalue weighted by Gasteiger charge is -2.36. The van der Waals surface area contributed by atoms with Crippen molar-refractivity contribution in [1.82, 2.24) is 4.98 Å². The van der Waals surface area contributed by atoms with Crippen LogP contribution in [-0.4, -0.2) is 37.1 Å². The van der Waals surface area contributed by atoms with Gasteiger partial charge in [0.1, 0.15) is 6.61 Å². The number of hydrogen-bond acceptors (Lipinski definition) is 5. The lowest BCUT2D eigenvalue weighted by molar-refractivity contribution is -0.178. The van der Waals surface area contributed by atoms with Gasteiger partial charge in [-0.15, -0.1) is 0 Å². The van der Waals surface area contributed by atoms with Crippen LogP contribution in [0.3, 0.4) is 0 Å². The fourth-order valence-electron chi connectivity index (χ4n) is 3.54. The summed E-state index contributed by atoms with van der Waals surface area (Å²) in [6.07, 6.45) is 5.99. The molecule has 20 heavy (non-hydrogen) atoms. The summed E-state index contributed by atoms with van der Waals surface area (Å²) < 4.78 is 17.4. The van der Waals surface area contributed by atoms with Crippen LogP contribution in [0.1, 0.15) is 37.2 Å². The molecular formula is C15H20N2O3. The van der Waals surface area contributed by atoms with Crippen molar-refractivity contribution in [2.75, 3.05) is 31.7 Å². The van der Waals surface area contributed by atoms with E-state index in [1.807, 2.05) is 6.20 Å². The average molecular weight is 276 g/mol. The van der Waals surface area contributed by atoms with Gasteiger partial charge in [0, 0.05) is 24.6 Å². The summed E-state index contributed by atoms with van der Waals surface area (Å²) in [6, 6.07) is 2.10. The number of pyridine rings is 1. The van der Waals surface area contributed by atoms with Gasteiger partial charge in [0.2, 0.25) is 0 Å². The highest BCUT2D eigenvalue weighted by molar-refractivity contribution is 5.56. The average Bonchev–Trinajstić information content (AvgIpc) is 2.96. The molecular weight excluding hydrogens is 256 g/mol. The Morgan fingerprint density at radius 2 is 1.95 bits per heavy atom. The molecule has 3 heterocycles. The third kappa shape index (κ3) is 2.05. The lowest BCUT2D eigenvalue weighted by Crippen LogP contribution is -2.34. The maximum atomic E-state index is 5.84. The Hall–Kier alpha value is -1.33. The summed E-state index contributed by atoms with van der Waals surface area (Å²) >= 11 is 0. The smallest absolute Gasteiger partial charge is 0.169 e. The van der Waals surface area contributed by atoms with Crippen molar-refractivity contribution in [3.8, 4) is 5.75 Å². The molecule has 2 fully saturated rings. The van der Waals surface area contributed by atoms with Gasteiger partial charge < -0.3 is 19.5 Å². The number of nitrogens with zero attached hydrogens (tertiary/aromatic N) is 1. The van der Waals surface area contributed by atoms with Crippen molar-refractivity contribution >= 4 is 5.82 Å². The molecule has 0 atom stereocenters. The van der Waals surface area contributed by atoms with Crippen LogP contribution in [0.25, 0.3) is 0 Å². The molecule has 5 nitrogen and oxygen atoms in total. The predicted molar refractivity (Wildman–Crippen MR) is 74.1 cm³/mol. The Labute approximate surface area is 118 Å². The van der Waals surface area contributed by atoms with Gasteiger partial charge in [-0.25, -0.2) is 4.98 Å². The summed E-state index contributed by atoms with van der Waals surface area (Å²) in [5, 5.41) is 3.31. The van der Waals surface area contributed by atoms with Crippen LogP contribution in [0.15, 0.2) is 12.3 Å². The SMILES string of the molecule is c1cc(C2CCC3(CC2)OCCO3)c2c(n1)NCCO2. The van der Waals surface area contributed by atoms with E-state index in [4.69, 9.17) is 14.2 Å². The second-order valence-electron chi connectivity index (χ2n) is 5.74. The molecule has 0 unspecified atom stereocenters. The Balaban J connectivity index is 1.54. The zero-order chi connectivity index (χ0) is 13.4. The summed E-state index contributed by atoms with van der Waals surface area (Å²) in [5.74, 6) is 2.07. The van der Waals surface area contributed by atoms with Gasteiger partial charge in [-0.1, -0.05) is 0 Å². The van der Waals surface area contributed by atoms with E-state index >= 15 is 0 Å². The van der Waals surface area contributed by atoms with E-state index < -0.39 is 0 Å². The molecule has 3 aliphatic rings. The fraction of sp³-hybridized carbons (Fsp3) is 0.667. The maximum absolute atomic E-state index is 5.84. The van der Waals surface area contributed by atoms with Gasteiger partial charge in [-0.05, 0) is 24.8 Å². The molecule has 1 aromatic heterocycles. The van der Waals surface area contributed by atoms with E-state index in [2.05, 4.69) is 16.4 Å². The second kappa shape index (κ2) is 4.90. The molecule has 0 amide bonds. The molecule has 1 N–H and O–H groups in total. The molecule has 1 aromatic rings. The molecule has 1 saturated carbocycles. The molecule has 5 heteroatoms. The zero-order valence-electron chi connectivity index (χ0n) is 11.6. The van der Waals surface area contributed by atoms with Crippen LogP contribution in [-0.2, 0) is 9.47 Å². The third-order valence-corrected chi connectivity index (χ3v) is 4.58. The van der Waals surface area contributed by atoms with Gasteiger partial charge >= 0.3 is 0 Å². The molecule has 2 aliphatic heterocycles. The van der Waals surface area contributed by atoms with Crippen molar-refractivity contribution in [3.63, 3.8) is 0 Å². The van der Waals surface area contributed by atoms with Crippen molar-refractivity contribution in [1.29, 1.82) is 0 Å². The molecule has 4 rings (SSSR count). The van der Waals surface area contributed by atoms with Gasteiger partial charge in [0.15, 0.2) is 17.4 Å². The fourth-order valence-corrected chi connectivity index (χ4v) is 3.54. The van der Waals surface area contributed by atoms with Gasteiger partial charge in [-0.2, -0.15) is 0 Å². The minimum absolute atomic E-state index is 0.289. The van der Waals surface area contributed by atoms with Crippen LogP contribution >= 0.6 is 0 Å². The Bertz CT molecular complexity index is 490. The van der Waals surface area contributed by atoms with E-state index in [0.717, 1.165) is 57.0 Å². The van der Waals surface area contributed by atoms with Crippen molar-refractivity contribution in [2.24, 2.45) is 0 Å². The molecule has 0 radical (unpaired) electrons. The molecule has 1 saturated heterocycles. The second-order valence-corrected chi connectivity index (χ2v) is 5.74. The molecule has 0 aromatic carbocycles. The van der Waals surface area contributed by atoms with Crippen molar-refractivity contribution in [3.05, 3.63) is 17.8 Å². The van der Waals surface area contributed by atoms with E-state index in [1.54, 1.807) is 0 Å². The van der Waals surface area contributed by atoms with E-state index in [0.29, 0.717) is 12.5 Å². The number of rotatable bonds is 1. The van der Waals surface area contributed by atoms with E-state index in [1.165, 1.54) is 5.56 Å². The number of hydrogen-bond donors (Lipinski definition) is 1. The monoisotopic (exact) mass is 276 g/mol. The molecule has 108 valence electrons. The summed E-state index contributed by atoms with van der Waals surface area (Å²) in [6.45, 7) is 3.03. The third-order valence-electron chi connectivity index (χ3n) is 4.58. The van der Waals surface area contributed by atoms with Crippen LogP contribution in [0.5, 0.6) is 5.75 Å². The first-order valence-electron chi connectivity index (χ1n) is 7.50. The number of anilines is 1. The molecule has 1 spiro atoms. The zero-order valence-corrected chi connectivity index (χ0v) is 11.6. The maximum Gasteiger partial charge on any atom is 0.169 e. The topological polar surface area (TPSA) is 52.6 Å². The first-order valence-corrected chi connectivity index (χ1v) is 7.50. The minimum Gasteiger partial charge on any atom is -0.488 e.